The number of benzene rings is 1. The van der Waals surface area contributed by atoms with E-state index in [1.165, 1.54) is 6.07 Å². The van der Waals surface area contributed by atoms with Gasteiger partial charge in [-0.15, -0.1) is 12.4 Å². The van der Waals surface area contributed by atoms with Crippen molar-refractivity contribution >= 4 is 12.4 Å². The molecule has 0 radical (unpaired) electrons. The van der Waals surface area contributed by atoms with Gasteiger partial charge in [0.2, 0.25) is 0 Å². The van der Waals surface area contributed by atoms with Crippen LogP contribution in [0.2, 0.25) is 0 Å². The zero-order chi connectivity index (χ0) is 10.6. The topological polar surface area (TPSA) is 26.0 Å². The molecule has 0 saturated heterocycles. The SMILES string of the molecule is CC1(C)Cc2cccc(F)c2C1(C)N.Cl. The van der Waals surface area contributed by atoms with Crippen LogP contribution in [0, 0.1) is 11.2 Å². The van der Waals surface area contributed by atoms with Crippen LogP contribution in [0.25, 0.3) is 0 Å². The molecule has 3 heteroatoms. The number of hydrogen-bond donors (Lipinski definition) is 1. The van der Waals surface area contributed by atoms with Gasteiger partial charge in [-0.1, -0.05) is 26.0 Å². The summed E-state index contributed by atoms with van der Waals surface area (Å²) in [5.41, 5.74) is 7.35. The summed E-state index contributed by atoms with van der Waals surface area (Å²) in [5, 5.41) is 0. The minimum Gasteiger partial charge on any atom is -0.321 e. The van der Waals surface area contributed by atoms with E-state index < -0.39 is 5.54 Å². The molecule has 1 aliphatic carbocycles. The Labute approximate surface area is 96.3 Å². The lowest BCUT2D eigenvalue weighted by Crippen LogP contribution is -2.44. The fourth-order valence-electron chi connectivity index (χ4n) is 2.30. The first-order chi connectivity index (χ1) is 6.36. The third-order valence-corrected chi connectivity index (χ3v) is 3.66. The molecule has 1 unspecified atom stereocenters. The predicted molar refractivity (Wildman–Crippen MR) is 62.7 cm³/mol. The second kappa shape index (κ2) is 3.46. The molecular weight excluding hydrogens is 213 g/mol. The summed E-state index contributed by atoms with van der Waals surface area (Å²) in [4.78, 5) is 0. The average Bonchev–Trinajstić information content (AvgIpc) is 2.19. The van der Waals surface area contributed by atoms with Crippen molar-refractivity contribution in [2.75, 3.05) is 0 Å². The lowest BCUT2D eigenvalue weighted by Gasteiger charge is -2.35. The van der Waals surface area contributed by atoms with Gasteiger partial charge in [0.25, 0.3) is 0 Å². The molecule has 1 nitrogen and oxygen atoms in total. The molecule has 0 fully saturated rings. The van der Waals surface area contributed by atoms with E-state index in [0.717, 1.165) is 12.0 Å². The van der Waals surface area contributed by atoms with Gasteiger partial charge in [0.1, 0.15) is 5.82 Å². The van der Waals surface area contributed by atoms with E-state index >= 15 is 0 Å². The first-order valence-corrected chi connectivity index (χ1v) is 4.93. The van der Waals surface area contributed by atoms with Crippen LogP contribution in [0.3, 0.4) is 0 Å². The molecule has 1 aliphatic rings. The normalized spacial score (nSPS) is 27.0. The largest absolute Gasteiger partial charge is 0.321 e. The maximum atomic E-state index is 13.6. The Morgan fingerprint density at radius 1 is 1.27 bits per heavy atom. The first-order valence-electron chi connectivity index (χ1n) is 4.93. The molecule has 0 aliphatic heterocycles. The third-order valence-electron chi connectivity index (χ3n) is 3.66. The van der Waals surface area contributed by atoms with Crippen LogP contribution in [0.1, 0.15) is 31.9 Å². The first kappa shape index (κ1) is 12.5. The molecule has 1 aromatic rings. The standard InChI is InChI=1S/C12H16FN.ClH/c1-11(2)7-8-5-4-6-9(13)10(8)12(11,3)14;/h4-6H,7,14H2,1-3H3;1H. The van der Waals surface area contributed by atoms with Crippen LogP contribution in [-0.4, -0.2) is 0 Å². The zero-order valence-corrected chi connectivity index (χ0v) is 10.1. The quantitative estimate of drug-likeness (QED) is 0.727. The maximum absolute atomic E-state index is 13.6. The fraction of sp³-hybridized carbons (Fsp3) is 0.500. The Balaban J connectivity index is 0.00000112. The van der Waals surface area contributed by atoms with Gasteiger partial charge in [0.05, 0.1) is 0 Å². The number of halogens is 2. The van der Waals surface area contributed by atoms with E-state index in [1.807, 2.05) is 13.0 Å². The van der Waals surface area contributed by atoms with Crippen molar-refractivity contribution < 1.29 is 4.39 Å². The van der Waals surface area contributed by atoms with Crippen molar-refractivity contribution in [1.29, 1.82) is 0 Å². The highest BCUT2D eigenvalue weighted by atomic mass is 35.5. The summed E-state index contributed by atoms with van der Waals surface area (Å²) in [7, 11) is 0. The zero-order valence-electron chi connectivity index (χ0n) is 9.30. The van der Waals surface area contributed by atoms with Gasteiger partial charge in [-0.25, -0.2) is 4.39 Å². The molecule has 1 aromatic carbocycles. The van der Waals surface area contributed by atoms with E-state index in [4.69, 9.17) is 5.73 Å². The Morgan fingerprint density at radius 3 is 2.40 bits per heavy atom. The van der Waals surface area contributed by atoms with Crippen LogP contribution in [-0.2, 0) is 12.0 Å². The van der Waals surface area contributed by atoms with E-state index in [0.29, 0.717) is 5.56 Å². The van der Waals surface area contributed by atoms with E-state index in [9.17, 15) is 4.39 Å². The van der Waals surface area contributed by atoms with Gasteiger partial charge in [-0.05, 0) is 30.4 Å². The second-order valence-electron chi connectivity index (χ2n) is 5.04. The molecule has 2 rings (SSSR count). The monoisotopic (exact) mass is 229 g/mol. The summed E-state index contributed by atoms with van der Waals surface area (Å²) in [6, 6.07) is 5.22. The number of rotatable bonds is 0. The Morgan fingerprint density at radius 2 is 1.87 bits per heavy atom. The minimum atomic E-state index is -0.562. The number of nitrogens with two attached hydrogens (primary N) is 1. The summed E-state index contributed by atoms with van der Waals surface area (Å²) < 4.78 is 13.6. The average molecular weight is 230 g/mol. The van der Waals surface area contributed by atoms with Crippen molar-refractivity contribution in [3.63, 3.8) is 0 Å². The highest BCUT2D eigenvalue weighted by molar-refractivity contribution is 5.85. The number of fused-ring (bicyclic) bond motifs is 1. The molecule has 15 heavy (non-hydrogen) atoms. The molecule has 0 saturated carbocycles. The summed E-state index contributed by atoms with van der Waals surface area (Å²) >= 11 is 0. The van der Waals surface area contributed by atoms with Crippen molar-refractivity contribution in [1.82, 2.24) is 0 Å². The molecule has 0 heterocycles. The fourth-order valence-corrected chi connectivity index (χ4v) is 2.30. The second-order valence-corrected chi connectivity index (χ2v) is 5.04. The van der Waals surface area contributed by atoms with Crippen molar-refractivity contribution in [3.8, 4) is 0 Å². The van der Waals surface area contributed by atoms with Gasteiger partial charge in [-0.3, -0.25) is 0 Å². The van der Waals surface area contributed by atoms with Gasteiger partial charge in [0.15, 0.2) is 0 Å². The molecule has 2 N–H and O–H groups in total. The maximum Gasteiger partial charge on any atom is 0.128 e. The van der Waals surface area contributed by atoms with Crippen molar-refractivity contribution in [2.45, 2.75) is 32.7 Å². The Bertz CT molecular complexity index is 385. The molecule has 0 amide bonds. The van der Waals surface area contributed by atoms with Gasteiger partial charge < -0.3 is 5.73 Å². The van der Waals surface area contributed by atoms with Crippen molar-refractivity contribution in [3.05, 3.63) is 35.1 Å². The van der Waals surface area contributed by atoms with E-state index in [1.54, 1.807) is 6.07 Å². The number of hydrogen-bond acceptors (Lipinski definition) is 1. The van der Waals surface area contributed by atoms with E-state index in [2.05, 4.69) is 13.8 Å². The summed E-state index contributed by atoms with van der Waals surface area (Å²) in [6.07, 6.45) is 0.854. The van der Waals surface area contributed by atoms with Crippen LogP contribution in [0.15, 0.2) is 18.2 Å². The summed E-state index contributed by atoms with van der Waals surface area (Å²) in [6.45, 7) is 6.10. The Hall–Kier alpha value is -0.600. The lowest BCUT2D eigenvalue weighted by molar-refractivity contribution is 0.207. The third kappa shape index (κ3) is 1.56. The van der Waals surface area contributed by atoms with Crippen LogP contribution < -0.4 is 5.73 Å². The van der Waals surface area contributed by atoms with Crippen molar-refractivity contribution in [2.24, 2.45) is 11.1 Å². The van der Waals surface area contributed by atoms with Crippen LogP contribution >= 0.6 is 12.4 Å². The summed E-state index contributed by atoms with van der Waals surface area (Å²) in [5.74, 6) is -0.168. The van der Waals surface area contributed by atoms with E-state index in [-0.39, 0.29) is 23.6 Å². The van der Waals surface area contributed by atoms with Gasteiger partial charge >= 0.3 is 0 Å². The molecule has 0 bridgehead atoms. The molecule has 1 atom stereocenters. The molecule has 0 spiro atoms. The highest BCUT2D eigenvalue weighted by Gasteiger charge is 2.47. The van der Waals surface area contributed by atoms with Crippen LogP contribution in [0.5, 0.6) is 0 Å². The minimum absolute atomic E-state index is 0. The highest BCUT2D eigenvalue weighted by Crippen LogP contribution is 2.48. The molecule has 84 valence electrons. The van der Waals surface area contributed by atoms with Gasteiger partial charge in [-0.2, -0.15) is 0 Å². The smallest absolute Gasteiger partial charge is 0.128 e. The molecule has 0 aromatic heterocycles. The van der Waals surface area contributed by atoms with Crippen LogP contribution in [0.4, 0.5) is 4.39 Å². The Kier molecular flexibility index (Phi) is 2.88. The predicted octanol–water partition coefficient (Wildman–Crippen LogP) is 3.00. The lowest BCUT2D eigenvalue weighted by atomic mass is 9.75. The molecular formula is C12H17ClFN. The van der Waals surface area contributed by atoms with Gasteiger partial charge in [0, 0.05) is 11.1 Å².